The van der Waals surface area contributed by atoms with Gasteiger partial charge in [0.1, 0.15) is 6.33 Å². The summed E-state index contributed by atoms with van der Waals surface area (Å²) in [5.74, 6) is 0. The number of rotatable bonds is 2. The van der Waals surface area contributed by atoms with E-state index in [1.807, 2.05) is 12.4 Å². The number of anilines is 1. The summed E-state index contributed by atoms with van der Waals surface area (Å²) in [6.45, 7) is 2.83. The van der Waals surface area contributed by atoms with Crippen LogP contribution in [0.2, 0.25) is 0 Å². The minimum absolute atomic E-state index is 0.639. The molecule has 2 aromatic heterocycles. The van der Waals surface area contributed by atoms with E-state index in [-0.39, 0.29) is 0 Å². The normalized spacial score (nSPS) is 15.8. The number of fused-ring (bicyclic) bond motifs is 1. The molecule has 0 radical (unpaired) electrons. The lowest BCUT2D eigenvalue weighted by atomic mass is 10.1. The van der Waals surface area contributed by atoms with E-state index in [0.717, 1.165) is 31.7 Å². The lowest BCUT2D eigenvalue weighted by Crippen LogP contribution is -2.30. The minimum atomic E-state index is 0.639. The Hall–Kier alpha value is -1.53. The maximum Gasteiger partial charge on any atom is 0.180 e. The Morgan fingerprint density at radius 1 is 1.35 bits per heavy atom. The number of nitrogens with zero attached hydrogens (tertiary/aromatic N) is 4. The predicted octanol–water partition coefficient (Wildman–Crippen LogP) is 1.07. The van der Waals surface area contributed by atoms with Crippen molar-refractivity contribution in [3.05, 3.63) is 34.9 Å². The second-order valence-electron chi connectivity index (χ2n) is 4.12. The molecule has 0 saturated carbocycles. The fourth-order valence-electron chi connectivity index (χ4n) is 2.06. The molecule has 88 valence electrons. The third-order valence-corrected chi connectivity index (χ3v) is 3.71. The molecule has 0 spiro atoms. The molecule has 0 atom stereocenters. The van der Waals surface area contributed by atoms with Gasteiger partial charge in [0.2, 0.25) is 0 Å². The van der Waals surface area contributed by atoms with E-state index in [2.05, 4.69) is 19.9 Å². The fourth-order valence-corrected chi connectivity index (χ4v) is 2.78. The molecule has 0 fully saturated rings. The van der Waals surface area contributed by atoms with Crippen LogP contribution in [-0.4, -0.2) is 26.4 Å². The Balaban J connectivity index is 1.72. The van der Waals surface area contributed by atoms with Crippen molar-refractivity contribution in [3.8, 4) is 0 Å². The molecule has 3 rings (SSSR count). The van der Waals surface area contributed by atoms with Gasteiger partial charge >= 0.3 is 0 Å². The van der Waals surface area contributed by atoms with Gasteiger partial charge < -0.3 is 5.73 Å². The molecule has 1 aliphatic heterocycles. The molecule has 0 aliphatic carbocycles. The Kier molecular flexibility index (Phi) is 2.74. The number of thiazole rings is 1. The van der Waals surface area contributed by atoms with E-state index in [9.17, 15) is 0 Å². The van der Waals surface area contributed by atoms with E-state index in [0.29, 0.717) is 5.13 Å². The zero-order valence-electron chi connectivity index (χ0n) is 9.33. The van der Waals surface area contributed by atoms with Gasteiger partial charge in [-0.3, -0.25) is 4.90 Å². The van der Waals surface area contributed by atoms with Crippen LogP contribution >= 0.6 is 11.3 Å². The molecule has 0 amide bonds. The number of nitrogens with two attached hydrogens (primary N) is 1. The van der Waals surface area contributed by atoms with Crippen LogP contribution in [0.4, 0.5) is 5.13 Å². The SMILES string of the molecule is Nc1ncc(CN2CCc3cncnc3C2)s1. The van der Waals surface area contributed by atoms with Crippen LogP contribution < -0.4 is 5.73 Å². The zero-order valence-corrected chi connectivity index (χ0v) is 10.2. The fraction of sp³-hybridized carbons (Fsp3) is 0.364. The first-order chi connectivity index (χ1) is 8.31. The van der Waals surface area contributed by atoms with Crippen molar-refractivity contribution in [3.63, 3.8) is 0 Å². The van der Waals surface area contributed by atoms with Gasteiger partial charge in [0.15, 0.2) is 5.13 Å². The third-order valence-electron chi connectivity index (χ3n) is 2.90. The molecule has 5 nitrogen and oxygen atoms in total. The summed E-state index contributed by atoms with van der Waals surface area (Å²) in [4.78, 5) is 16.0. The van der Waals surface area contributed by atoms with Gasteiger partial charge in [0, 0.05) is 36.9 Å². The van der Waals surface area contributed by atoms with Gasteiger partial charge in [-0.15, -0.1) is 11.3 Å². The molecular weight excluding hydrogens is 234 g/mol. The highest BCUT2D eigenvalue weighted by Crippen LogP contribution is 2.21. The Morgan fingerprint density at radius 3 is 3.12 bits per heavy atom. The van der Waals surface area contributed by atoms with E-state index in [4.69, 9.17) is 5.73 Å². The second kappa shape index (κ2) is 4.38. The standard InChI is InChI=1S/C11H13N5S/c12-11-14-4-9(17-11)5-16-2-1-8-3-13-7-15-10(8)6-16/h3-4,7H,1-2,5-6H2,(H2,12,14). The topological polar surface area (TPSA) is 67.9 Å². The predicted molar refractivity (Wildman–Crippen MR) is 66.4 cm³/mol. The number of hydrogen-bond donors (Lipinski definition) is 1. The van der Waals surface area contributed by atoms with Crippen molar-refractivity contribution in [1.82, 2.24) is 19.9 Å². The maximum absolute atomic E-state index is 5.63. The van der Waals surface area contributed by atoms with E-state index in [1.54, 1.807) is 17.7 Å². The molecular formula is C11H13N5S. The molecule has 1 aliphatic rings. The Bertz CT molecular complexity index is 524. The quantitative estimate of drug-likeness (QED) is 0.860. The van der Waals surface area contributed by atoms with Crippen LogP contribution in [-0.2, 0) is 19.5 Å². The Labute approximate surface area is 103 Å². The highest BCUT2D eigenvalue weighted by atomic mass is 32.1. The first kappa shape index (κ1) is 10.6. The highest BCUT2D eigenvalue weighted by molar-refractivity contribution is 7.15. The average Bonchev–Trinajstić information content (AvgIpc) is 2.75. The summed E-state index contributed by atoms with van der Waals surface area (Å²) in [5, 5.41) is 0.639. The molecule has 0 aromatic carbocycles. The van der Waals surface area contributed by atoms with Gasteiger partial charge in [-0.2, -0.15) is 0 Å². The monoisotopic (exact) mass is 247 g/mol. The largest absolute Gasteiger partial charge is 0.375 e. The summed E-state index contributed by atoms with van der Waals surface area (Å²) in [5.41, 5.74) is 8.04. The van der Waals surface area contributed by atoms with Crippen molar-refractivity contribution in [1.29, 1.82) is 0 Å². The van der Waals surface area contributed by atoms with Crippen LogP contribution in [0.25, 0.3) is 0 Å². The third kappa shape index (κ3) is 2.27. The molecule has 2 aromatic rings. The number of nitrogen functional groups attached to an aromatic ring is 1. The summed E-state index contributed by atoms with van der Waals surface area (Å²) in [6.07, 6.45) is 6.41. The van der Waals surface area contributed by atoms with E-state index >= 15 is 0 Å². The summed E-state index contributed by atoms with van der Waals surface area (Å²) in [7, 11) is 0. The van der Waals surface area contributed by atoms with Gasteiger partial charge in [0.25, 0.3) is 0 Å². The van der Waals surface area contributed by atoms with Gasteiger partial charge in [-0.25, -0.2) is 15.0 Å². The smallest absolute Gasteiger partial charge is 0.180 e. The molecule has 0 saturated heterocycles. The first-order valence-corrected chi connectivity index (χ1v) is 6.33. The maximum atomic E-state index is 5.63. The molecule has 0 unspecified atom stereocenters. The summed E-state index contributed by atoms with van der Waals surface area (Å²) >= 11 is 1.55. The van der Waals surface area contributed by atoms with E-state index < -0.39 is 0 Å². The van der Waals surface area contributed by atoms with Crippen molar-refractivity contribution in [2.24, 2.45) is 0 Å². The van der Waals surface area contributed by atoms with Crippen molar-refractivity contribution in [2.45, 2.75) is 19.5 Å². The van der Waals surface area contributed by atoms with Crippen molar-refractivity contribution >= 4 is 16.5 Å². The highest BCUT2D eigenvalue weighted by Gasteiger charge is 2.17. The molecule has 3 heterocycles. The first-order valence-electron chi connectivity index (χ1n) is 5.51. The van der Waals surface area contributed by atoms with Gasteiger partial charge in [-0.05, 0) is 12.0 Å². The van der Waals surface area contributed by atoms with Crippen LogP contribution in [0.3, 0.4) is 0 Å². The average molecular weight is 247 g/mol. The van der Waals surface area contributed by atoms with Crippen LogP contribution in [0.5, 0.6) is 0 Å². The van der Waals surface area contributed by atoms with Crippen LogP contribution in [0, 0.1) is 0 Å². The molecule has 6 heteroatoms. The Morgan fingerprint density at radius 2 is 2.29 bits per heavy atom. The zero-order chi connectivity index (χ0) is 11.7. The number of hydrogen-bond acceptors (Lipinski definition) is 6. The van der Waals surface area contributed by atoms with Crippen molar-refractivity contribution < 1.29 is 0 Å². The molecule has 2 N–H and O–H groups in total. The van der Waals surface area contributed by atoms with Gasteiger partial charge in [0.05, 0.1) is 5.69 Å². The van der Waals surface area contributed by atoms with Crippen LogP contribution in [0.15, 0.2) is 18.7 Å². The lowest BCUT2D eigenvalue weighted by molar-refractivity contribution is 0.243. The van der Waals surface area contributed by atoms with Crippen molar-refractivity contribution in [2.75, 3.05) is 12.3 Å². The minimum Gasteiger partial charge on any atom is -0.375 e. The summed E-state index contributed by atoms with van der Waals surface area (Å²) < 4.78 is 0. The van der Waals surface area contributed by atoms with Crippen LogP contribution in [0.1, 0.15) is 16.1 Å². The second-order valence-corrected chi connectivity index (χ2v) is 5.27. The number of aromatic nitrogens is 3. The van der Waals surface area contributed by atoms with E-state index in [1.165, 1.54) is 10.4 Å². The molecule has 0 bridgehead atoms. The van der Waals surface area contributed by atoms with Gasteiger partial charge in [-0.1, -0.05) is 0 Å². The lowest BCUT2D eigenvalue weighted by Gasteiger charge is -2.26. The molecule has 17 heavy (non-hydrogen) atoms. The summed E-state index contributed by atoms with van der Waals surface area (Å²) in [6, 6.07) is 0.